The summed E-state index contributed by atoms with van der Waals surface area (Å²) in [5, 5.41) is 0. The fourth-order valence-electron chi connectivity index (χ4n) is 2.03. The van der Waals surface area contributed by atoms with E-state index in [9.17, 15) is 9.59 Å². The van der Waals surface area contributed by atoms with E-state index >= 15 is 0 Å². The third-order valence-corrected chi connectivity index (χ3v) is 3.59. The molecule has 0 saturated heterocycles. The molecule has 0 aromatic heterocycles. The van der Waals surface area contributed by atoms with Gasteiger partial charge in [0.2, 0.25) is 0 Å². The lowest BCUT2D eigenvalue weighted by Gasteiger charge is -2.29. The number of ketones is 1. The molecule has 0 unspecified atom stereocenters. The number of hydrogen-bond donors (Lipinski definition) is 0. The molecular weight excluding hydrogens is 310 g/mol. The summed E-state index contributed by atoms with van der Waals surface area (Å²) in [4.78, 5) is 24.9. The summed E-state index contributed by atoms with van der Waals surface area (Å²) in [6.45, 7) is 2.47. The van der Waals surface area contributed by atoms with Gasteiger partial charge >= 0.3 is 0 Å². The van der Waals surface area contributed by atoms with E-state index in [0.29, 0.717) is 31.6 Å². The van der Waals surface area contributed by atoms with Crippen LogP contribution in [0, 0.1) is 0 Å². The third kappa shape index (κ3) is 3.35. The molecule has 2 rings (SSSR count). The fraction of sp³-hybridized carbons (Fsp3) is 0.429. The summed E-state index contributed by atoms with van der Waals surface area (Å²) in [5.41, 5.74) is 0.773. The number of fused-ring (bicyclic) bond motifs is 1. The van der Waals surface area contributed by atoms with E-state index in [1.807, 2.05) is 25.1 Å². The number of Topliss-reactive ketones (excluding diaryl/α,β-unsaturated/α-hetero) is 1. The van der Waals surface area contributed by atoms with Crippen molar-refractivity contribution in [1.29, 1.82) is 0 Å². The maximum Gasteiger partial charge on any atom is 0.265 e. The summed E-state index contributed by atoms with van der Waals surface area (Å²) in [6.07, 6.45) is 1.76. The summed E-state index contributed by atoms with van der Waals surface area (Å²) in [5.74, 6) is 0.884. The SMILES string of the molecule is CCC(=O)CCCN1C(=O)COc2ccc(Br)cc21. The Morgan fingerprint density at radius 1 is 1.47 bits per heavy atom. The molecule has 0 atom stereocenters. The van der Waals surface area contributed by atoms with Crippen molar-refractivity contribution in [3.63, 3.8) is 0 Å². The van der Waals surface area contributed by atoms with Crippen LogP contribution in [0.4, 0.5) is 5.69 Å². The lowest BCUT2D eigenvalue weighted by atomic mass is 10.1. The molecule has 4 nitrogen and oxygen atoms in total. The van der Waals surface area contributed by atoms with Gasteiger partial charge in [0.05, 0.1) is 5.69 Å². The van der Waals surface area contributed by atoms with Crippen molar-refractivity contribution < 1.29 is 14.3 Å². The number of nitrogens with zero attached hydrogens (tertiary/aromatic N) is 1. The number of carbonyl (C=O) groups excluding carboxylic acids is 2. The van der Waals surface area contributed by atoms with Gasteiger partial charge in [-0.05, 0) is 24.6 Å². The van der Waals surface area contributed by atoms with Crippen LogP contribution in [0.3, 0.4) is 0 Å². The molecule has 1 heterocycles. The highest BCUT2D eigenvalue weighted by Crippen LogP contribution is 2.34. The predicted molar refractivity (Wildman–Crippen MR) is 76.5 cm³/mol. The lowest BCUT2D eigenvalue weighted by molar-refractivity contribution is -0.122. The molecular formula is C14H16BrNO3. The average molecular weight is 326 g/mol. The van der Waals surface area contributed by atoms with E-state index in [0.717, 1.165) is 10.2 Å². The monoisotopic (exact) mass is 325 g/mol. The Bertz CT molecular complexity index is 501. The van der Waals surface area contributed by atoms with Crippen LogP contribution >= 0.6 is 15.9 Å². The normalized spacial score (nSPS) is 14.0. The van der Waals surface area contributed by atoms with Crippen molar-refractivity contribution >= 4 is 33.3 Å². The van der Waals surface area contributed by atoms with Crippen LogP contribution in [0.15, 0.2) is 22.7 Å². The molecule has 0 saturated carbocycles. The zero-order valence-electron chi connectivity index (χ0n) is 10.8. The lowest BCUT2D eigenvalue weighted by Crippen LogP contribution is -2.39. The van der Waals surface area contributed by atoms with Crippen molar-refractivity contribution in [3.8, 4) is 5.75 Å². The number of rotatable bonds is 5. The molecule has 5 heteroatoms. The zero-order valence-corrected chi connectivity index (χ0v) is 12.4. The molecule has 19 heavy (non-hydrogen) atoms. The molecule has 1 amide bonds. The molecule has 1 aliphatic heterocycles. The van der Waals surface area contributed by atoms with Crippen LogP contribution in [-0.4, -0.2) is 24.8 Å². The Kier molecular flexibility index (Phi) is 4.58. The van der Waals surface area contributed by atoms with Gasteiger partial charge in [-0.25, -0.2) is 0 Å². The number of ether oxygens (including phenoxy) is 1. The minimum Gasteiger partial charge on any atom is -0.482 e. The molecule has 1 aromatic rings. The Balaban J connectivity index is 2.09. The first-order valence-corrected chi connectivity index (χ1v) is 7.15. The molecule has 102 valence electrons. The number of amides is 1. The number of benzene rings is 1. The van der Waals surface area contributed by atoms with Gasteiger partial charge in [-0.3, -0.25) is 9.59 Å². The van der Waals surface area contributed by atoms with Gasteiger partial charge in [-0.15, -0.1) is 0 Å². The van der Waals surface area contributed by atoms with E-state index in [4.69, 9.17) is 4.74 Å². The molecule has 0 fully saturated rings. The van der Waals surface area contributed by atoms with Crippen molar-refractivity contribution in [2.24, 2.45) is 0 Å². The average Bonchev–Trinajstić information content (AvgIpc) is 2.41. The van der Waals surface area contributed by atoms with Crippen molar-refractivity contribution in [1.82, 2.24) is 0 Å². The number of anilines is 1. The highest BCUT2D eigenvalue weighted by atomic mass is 79.9. The maximum atomic E-state index is 11.9. The van der Waals surface area contributed by atoms with Gasteiger partial charge in [0.15, 0.2) is 6.61 Å². The molecule has 1 aromatic carbocycles. The quantitative estimate of drug-likeness (QED) is 0.836. The fourth-order valence-corrected chi connectivity index (χ4v) is 2.38. The van der Waals surface area contributed by atoms with E-state index in [2.05, 4.69) is 15.9 Å². The topological polar surface area (TPSA) is 46.6 Å². The first-order chi connectivity index (χ1) is 9.11. The second-order valence-electron chi connectivity index (χ2n) is 4.44. The Hall–Kier alpha value is -1.36. The Morgan fingerprint density at radius 2 is 2.26 bits per heavy atom. The predicted octanol–water partition coefficient (Wildman–Crippen LogP) is 2.93. The number of carbonyl (C=O) groups is 2. The standard InChI is InChI=1S/C14H16BrNO3/c1-2-11(17)4-3-7-16-12-8-10(15)5-6-13(12)19-9-14(16)18/h5-6,8H,2-4,7,9H2,1H3. The van der Waals surface area contributed by atoms with Gasteiger partial charge in [-0.2, -0.15) is 0 Å². The molecule has 1 aliphatic rings. The third-order valence-electron chi connectivity index (χ3n) is 3.10. The zero-order chi connectivity index (χ0) is 13.8. The van der Waals surface area contributed by atoms with Crippen LogP contribution in [0.2, 0.25) is 0 Å². The molecule has 0 spiro atoms. The van der Waals surface area contributed by atoms with Crippen molar-refractivity contribution in [3.05, 3.63) is 22.7 Å². The van der Waals surface area contributed by atoms with E-state index < -0.39 is 0 Å². The van der Waals surface area contributed by atoms with Crippen LogP contribution < -0.4 is 9.64 Å². The Morgan fingerprint density at radius 3 is 3.00 bits per heavy atom. The largest absolute Gasteiger partial charge is 0.482 e. The van der Waals surface area contributed by atoms with Crippen LogP contribution in [0.25, 0.3) is 0 Å². The van der Waals surface area contributed by atoms with Gasteiger partial charge in [0.25, 0.3) is 5.91 Å². The smallest absolute Gasteiger partial charge is 0.265 e. The highest BCUT2D eigenvalue weighted by Gasteiger charge is 2.25. The summed E-state index contributed by atoms with van der Waals surface area (Å²) >= 11 is 3.39. The molecule has 0 bridgehead atoms. The second kappa shape index (κ2) is 6.19. The van der Waals surface area contributed by atoms with Crippen molar-refractivity contribution in [2.75, 3.05) is 18.1 Å². The first-order valence-electron chi connectivity index (χ1n) is 6.36. The second-order valence-corrected chi connectivity index (χ2v) is 5.36. The Labute approximate surface area is 120 Å². The summed E-state index contributed by atoms with van der Waals surface area (Å²) < 4.78 is 6.29. The van der Waals surface area contributed by atoms with E-state index in [1.165, 1.54) is 0 Å². The molecule has 0 N–H and O–H groups in total. The van der Waals surface area contributed by atoms with E-state index in [1.54, 1.807) is 4.90 Å². The maximum absolute atomic E-state index is 11.9. The highest BCUT2D eigenvalue weighted by molar-refractivity contribution is 9.10. The molecule has 0 aliphatic carbocycles. The number of halogens is 1. The summed E-state index contributed by atoms with van der Waals surface area (Å²) in [7, 11) is 0. The number of hydrogen-bond acceptors (Lipinski definition) is 3. The minimum absolute atomic E-state index is 0.0606. The minimum atomic E-state index is -0.0606. The van der Waals surface area contributed by atoms with Gasteiger partial charge in [-0.1, -0.05) is 22.9 Å². The van der Waals surface area contributed by atoms with Crippen molar-refractivity contribution in [2.45, 2.75) is 26.2 Å². The van der Waals surface area contributed by atoms with Gasteiger partial charge < -0.3 is 9.64 Å². The van der Waals surface area contributed by atoms with Crippen LogP contribution in [0.1, 0.15) is 26.2 Å². The summed E-state index contributed by atoms with van der Waals surface area (Å²) in [6, 6.07) is 5.59. The molecule has 0 radical (unpaired) electrons. The van der Waals surface area contributed by atoms with Gasteiger partial charge in [0.1, 0.15) is 11.5 Å². The van der Waals surface area contributed by atoms with Crippen LogP contribution in [0.5, 0.6) is 5.75 Å². The van der Waals surface area contributed by atoms with Gasteiger partial charge in [0, 0.05) is 23.9 Å². The first kappa shape index (κ1) is 14.1. The van der Waals surface area contributed by atoms with Crippen LogP contribution in [-0.2, 0) is 9.59 Å². The van der Waals surface area contributed by atoms with E-state index in [-0.39, 0.29) is 18.3 Å².